The number of benzene rings is 1. The van der Waals surface area contributed by atoms with Crippen molar-refractivity contribution < 1.29 is 12.6 Å². The Bertz CT molecular complexity index is 355. The number of hydrogen-bond donors (Lipinski definition) is 0. The topological polar surface area (TPSA) is 43.4 Å². The van der Waals surface area contributed by atoms with Crippen molar-refractivity contribution in [2.75, 3.05) is 0 Å². The van der Waals surface area contributed by atoms with Gasteiger partial charge in [-0.2, -0.15) is 8.42 Å². The third-order valence-corrected chi connectivity index (χ3v) is 1.80. The molecule has 0 spiro atoms. The molecule has 0 saturated heterocycles. The zero-order chi connectivity index (χ0) is 9.19. The highest BCUT2D eigenvalue weighted by Gasteiger charge is 2.05. The summed E-state index contributed by atoms with van der Waals surface area (Å²) >= 11 is 0. The van der Waals surface area contributed by atoms with Crippen LogP contribution in [0.1, 0.15) is 5.56 Å². The van der Waals surface area contributed by atoms with Gasteiger partial charge in [0.25, 0.3) is 0 Å². The third-order valence-electron chi connectivity index (χ3n) is 1.22. The second-order valence-electron chi connectivity index (χ2n) is 2.29. The Kier molecular flexibility index (Phi) is 2.59. The normalized spacial score (nSPS) is 11.2. The monoisotopic (exact) mass is 206 g/mol. The van der Waals surface area contributed by atoms with Gasteiger partial charge in [-0.3, -0.25) is 0 Å². The zero-order valence-corrected chi connectivity index (χ0v) is 7.89. The van der Waals surface area contributed by atoms with Crippen molar-refractivity contribution in [3.05, 3.63) is 29.8 Å². The lowest BCUT2D eigenvalue weighted by Crippen LogP contribution is -1.99. The van der Waals surface area contributed by atoms with Crippen molar-refractivity contribution >= 4 is 20.0 Å². The molecular formula is C7H7ClO3S. The molecule has 12 heavy (non-hydrogen) atoms. The Morgan fingerprint density at radius 1 is 1.25 bits per heavy atom. The molecule has 3 nitrogen and oxygen atoms in total. The molecule has 0 aromatic heterocycles. The van der Waals surface area contributed by atoms with Crippen molar-refractivity contribution in [2.45, 2.75) is 6.92 Å². The molecule has 0 bridgehead atoms. The van der Waals surface area contributed by atoms with Crippen molar-refractivity contribution in [3.8, 4) is 5.75 Å². The van der Waals surface area contributed by atoms with Crippen LogP contribution in [0.15, 0.2) is 24.3 Å². The molecule has 0 aliphatic carbocycles. The summed E-state index contributed by atoms with van der Waals surface area (Å²) in [7, 11) is 0.940. The van der Waals surface area contributed by atoms with Gasteiger partial charge in [0, 0.05) is 0 Å². The Balaban J connectivity index is 2.85. The van der Waals surface area contributed by atoms with Crippen LogP contribution in [0.3, 0.4) is 0 Å². The highest BCUT2D eigenvalue weighted by Crippen LogP contribution is 2.14. The molecule has 0 saturated carbocycles. The first kappa shape index (κ1) is 9.35. The van der Waals surface area contributed by atoms with E-state index >= 15 is 0 Å². The zero-order valence-electron chi connectivity index (χ0n) is 6.32. The van der Waals surface area contributed by atoms with Gasteiger partial charge in [-0.15, -0.1) is 0 Å². The summed E-state index contributed by atoms with van der Waals surface area (Å²) in [6.45, 7) is 1.89. The SMILES string of the molecule is Cc1ccc(OS(=O)(=O)Cl)cc1. The van der Waals surface area contributed by atoms with E-state index in [0.29, 0.717) is 0 Å². The van der Waals surface area contributed by atoms with Gasteiger partial charge in [-0.25, -0.2) is 0 Å². The van der Waals surface area contributed by atoms with E-state index in [2.05, 4.69) is 4.18 Å². The van der Waals surface area contributed by atoms with Crippen LogP contribution in [0.25, 0.3) is 0 Å². The fourth-order valence-corrected chi connectivity index (χ4v) is 1.27. The predicted molar refractivity (Wildman–Crippen MR) is 46.6 cm³/mol. The van der Waals surface area contributed by atoms with E-state index in [-0.39, 0.29) is 5.75 Å². The minimum atomic E-state index is -3.92. The third kappa shape index (κ3) is 3.11. The molecule has 1 rings (SSSR count). The first-order chi connectivity index (χ1) is 5.47. The Labute approximate surface area is 75.6 Å². The molecule has 0 amide bonds. The maximum absolute atomic E-state index is 10.4. The van der Waals surface area contributed by atoms with Gasteiger partial charge in [-0.1, -0.05) is 17.7 Å². The van der Waals surface area contributed by atoms with Crippen LogP contribution in [-0.2, 0) is 9.33 Å². The van der Waals surface area contributed by atoms with Crippen molar-refractivity contribution in [3.63, 3.8) is 0 Å². The first-order valence-corrected chi connectivity index (χ1v) is 5.41. The van der Waals surface area contributed by atoms with Crippen molar-refractivity contribution in [1.82, 2.24) is 0 Å². The van der Waals surface area contributed by atoms with Crippen LogP contribution in [0.4, 0.5) is 0 Å². The minimum Gasteiger partial charge on any atom is -0.371 e. The number of rotatable bonds is 2. The van der Waals surface area contributed by atoms with E-state index in [0.717, 1.165) is 5.56 Å². The Morgan fingerprint density at radius 2 is 1.75 bits per heavy atom. The standard InChI is InChI=1S/C7H7ClO3S/c1-6-2-4-7(5-3-6)11-12(8,9)10/h2-5H,1H3. The summed E-state index contributed by atoms with van der Waals surface area (Å²) in [5.74, 6) is 0.218. The average molecular weight is 207 g/mol. The lowest BCUT2D eigenvalue weighted by Gasteiger charge is -1.99. The number of hydrogen-bond acceptors (Lipinski definition) is 3. The van der Waals surface area contributed by atoms with Gasteiger partial charge in [0.05, 0.1) is 10.7 Å². The van der Waals surface area contributed by atoms with E-state index < -0.39 is 9.33 Å². The smallest absolute Gasteiger partial charge is 0.371 e. The molecule has 0 atom stereocenters. The first-order valence-electron chi connectivity index (χ1n) is 3.18. The Morgan fingerprint density at radius 3 is 2.17 bits per heavy atom. The summed E-state index contributed by atoms with van der Waals surface area (Å²) < 4.78 is 25.3. The largest absolute Gasteiger partial charge is 0.401 e. The molecule has 66 valence electrons. The van der Waals surface area contributed by atoms with Crippen LogP contribution in [0.5, 0.6) is 5.75 Å². The molecule has 1 aromatic rings. The van der Waals surface area contributed by atoms with Gasteiger partial charge in [0.15, 0.2) is 0 Å². The van der Waals surface area contributed by atoms with Crippen LogP contribution < -0.4 is 4.18 Å². The summed E-state index contributed by atoms with van der Waals surface area (Å²) in [6, 6.07) is 6.54. The van der Waals surface area contributed by atoms with E-state index in [4.69, 9.17) is 10.7 Å². The fourth-order valence-electron chi connectivity index (χ4n) is 0.709. The minimum absolute atomic E-state index is 0.218. The van der Waals surface area contributed by atoms with Crippen LogP contribution in [-0.4, -0.2) is 8.42 Å². The fraction of sp³-hybridized carbons (Fsp3) is 0.143. The molecule has 0 aliphatic heterocycles. The lowest BCUT2D eigenvalue weighted by atomic mass is 10.2. The molecular weight excluding hydrogens is 200 g/mol. The quantitative estimate of drug-likeness (QED) is 0.694. The number of halogens is 1. The van der Waals surface area contributed by atoms with Gasteiger partial charge in [0.1, 0.15) is 5.75 Å². The van der Waals surface area contributed by atoms with E-state index in [1.165, 1.54) is 12.1 Å². The van der Waals surface area contributed by atoms with Gasteiger partial charge in [0.2, 0.25) is 0 Å². The summed E-state index contributed by atoms with van der Waals surface area (Å²) in [4.78, 5) is 0. The predicted octanol–water partition coefficient (Wildman–Crippen LogP) is 1.86. The summed E-state index contributed by atoms with van der Waals surface area (Å²) in [5, 5.41) is 0. The summed E-state index contributed by atoms with van der Waals surface area (Å²) in [5.41, 5.74) is 1.02. The van der Waals surface area contributed by atoms with Gasteiger partial charge in [-0.05, 0) is 19.1 Å². The summed E-state index contributed by atoms with van der Waals surface area (Å²) in [6.07, 6.45) is 0. The second-order valence-corrected chi connectivity index (χ2v) is 4.38. The lowest BCUT2D eigenvalue weighted by molar-refractivity contribution is 0.503. The number of aryl methyl sites for hydroxylation is 1. The molecule has 5 heteroatoms. The molecule has 0 aliphatic rings. The van der Waals surface area contributed by atoms with Crippen LogP contribution >= 0.6 is 10.7 Å². The second kappa shape index (κ2) is 3.33. The van der Waals surface area contributed by atoms with Gasteiger partial charge < -0.3 is 4.18 Å². The highest BCUT2D eigenvalue weighted by molar-refractivity contribution is 8.10. The van der Waals surface area contributed by atoms with E-state index in [1.807, 2.05) is 6.92 Å². The maximum atomic E-state index is 10.4. The Hall–Kier alpha value is -0.740. The highest BCUT2D eigenvalue weighted by atomic mass is 35.7. The van der Waals surface area contributed by atoms with Crippen molar-refractivity contribution in [1.29, 1.82) is 0 Å². The molecule has 0 fully saturated rings. The van der Waals surface area contributed by atoms with Crippen LogP contribution in [0, 0.1) is 6.92 Å². The molecule has 1 aromatic carbocycles. The molecule has 0 radical (unpaired) electrons. The van der Waals surface area contributed by atoms with Crippen LogP contribution in [0.2, 0.25) is 0 Å². The molecule has 0 heterocycles. The van der Waals surface area contributed by atoms with Crippen molar-refractivity contribution in [2.24, 2.45) is 0 Å². The maximum Gasteiger partial charge on any atom is 0.401 e. The molecule has 0 N–H and O–H groups in total. The van der Waals surface area contributed by atoms with E-state index in [9.17, 15) is 8.42 Å². The average Bonchev–Trinajstić information content (AvgIpc) is 1.91. The van der Waals surface area contributed by atoms with Gasteiger partial charge >= 0.3 is 9.33 Å². The van der Waals surface area contributed by atoms with E-state index in [1.54, 1.807) is 12.1 Å². The molecule has 0 unspecified atom stereocenters.